The maximum Gasteiger partial charge on any atom is 0.337 e. The molecule has 2 rings (SSSR count). The normalized spacial score (nSPS) is 10.5. The number of rotatable bonds is 3. The fourth-order valence-corrected chi connectivity index (χ4v) is 2.07. The molecule has 0 unspecified atom stereocenters. The van der Waals surface area contributed by atoms with E-state index in [0.717, 1.165) is 18.4 Å². The topological polar surface area (TPSA) is 26.3 Å². The Morgan fingerprint density at radius 3 is 2.76 bits per heavy atom. The standard InChI is InChI=1S/C15H16O2/c1-3-5-11-8-9-12-6-4-7-13(10-14(11)12)15(16)17-2/h4,6-10H,3,5H2,1-2H3. The summed E-state index contributed by atoms with van der Waals surface area (Å²) in [5, 5.41) is 0. The van der Waals surface area contributed by atoms with Crippen LogP contribution >= 0.6 is 0 Å². The second kappa shape index (κ2) is 5.00. The number of carbonyl (C=O) groups excluding carboxylic acids is 1. The lowest BCUT2D eigenvalue weighted by Crippen LogP contribution is -1.99. The second-order valence-electron chi connectivity index (χ2n) is 4.09. The zero-order valence-corrected chi connectivity index (χ0v) is 10.2. The average Bonchev–Trinajstić information content (AvgIpc) is 2.60. The van der Waals surface area contributed by atoms with E-state index in [9.17, 15) is 4.79 Å². The maximum atomic E-state index is 11.6. The quantitative estimate of drug-likeness (QED) is 0.751. The zero-order valence-electron chi connectivity index (χ0n) is 10.2. The molecule has 88 valence electrons. The highest BCUT2D eigenvalue weighted by molar-refractivity contribution is 5.91. The molecule has 17 heavy (non-hydrogen) atoms. The number of hydrogen-bond donors (Lipinski definition) is 0. The average molecular weight is 228 g/mol. The van der Waals surface area contributed by atoms with E-state index in [2.05, 4.69) is 19.1 Å². The van der Waals surface area contributed by atoms with Crippen LogP contribution in [0.25, 0.3) is 11.1 Å². The molecule has 0 amide bonds. The minimum atomic E-state index is -0.286. The van der Waals surface area contributed by atoms with Gasteiger partial charge in [0.1, 0.15) is 0 Å². The molecule has 0 N–H and O–H groups in total. The molecular weight excluding hydrogens is 212 g/mol. The van der Waals surface area contributed by atoms with E-state index < -0.39 is 0 Å². The molecule has 2 aliphatic carbocycles. The number of hydrogen-bond acceptors (Lipinski definition) is 2. The van der Waals surface area contributed by atoms with Gasteiger partial charge in [0.2, 0.25) is 0 Å². The van der Waals surface area contributed by atoms with Crippen molar-refractivity contribution in [2.75, 3.05) is 7.11 Å². The molecular formula is C15H16O2. The summed E-state index contributed by atoms with van der Waals surface area (Å²) >= 11 is 0. The Bertz CT molecular complexity index is 502. The summed E-state index contributed by atoms with van der Waals surface area (Å²) in [6, 6.07) is 11.9. The van der Waals surface area contributed by atoms with Crippen molar-refractivity contribution in [1.82, 2.24) is 0 Å². The summed E-state index contributed by atoms with van der Waals surface area (Å²) < 4.78 is 4.76. The summed E-state index contributed by atoms with van der Waals surface area (Å²) in [7, 11) is 1.41. The van der Waals surface area contributed by atoms with Crippen molar-refractivity contribution in [3.05, 3.63) is 47.5 Å². The highest BCUT2D eigenvalue weighted by Crippen LogP contribution is 2.28. The van der Waals surface area contributed by atoms with Gasteiger partial charge in [-0.15, -0.1) is 0 Å². The Kier molecular flexibility index (Phi) is 3.43. The summed E-state index contributed by atoms with van der Waals surface area (Å²) in [4.78, 5) is 11.6. The van der Waals surface area contributed by atoms with Gasteiger partial charge in [-0.1, -0.05) is 37.6 Å². The number of esters is 1. The lowest BCUT2D eigenvalue weighted by molar-refractivity contribution is 0.0601. The number of methoxy groups -OCH3 is 1. The van der Waals surface area contributed by atoms with Crippen molar-refractivity contribution in [2.24, 2.45) is 0 Å². The Morgan fingerprint density at radius 2 is 2.06 bits per heavy atom. The van der Waals surface area contributed by atoms with Crippen LogP contribution in [0.15, 0.2) is 36.4 Å². The third-order valence-electron chi connectivity index (χ3n) is 2.91. The summed E-state index contributed by atoms with van der Waals surface area (Å²) in [5.74, 6) is -0.286. The second-order valence-corrected chi connectivity index (χ2v) is 4.09. The SMILES string of the molecule is CCCc1ccc2cccc(C(=O)OC)cc1-2. The molecule has 0 heterocycles. The van der Waals surface area contributed by atoms with E-state index in [-0.39, 0.29) is 5.97 Å². The van der Waals surface area contributed by atoms with Crippen LogP contribution in [0.4, 0.5) is 0 Å². The van der Waals surface area contributed by atoms with Crippen LogP contribution in [0.3, 0.4) is 0 Å². The smallest absolute Gasteiger partial charge is 0.337 e. The van der Waals surface area contributed by atoms with Crippen LogP contribution in [0, 0.1) is 0 Å². The first-order valence-corrected chi connectivity index (χ1v) is 5.86. The molecule has 0 radical (unpaired) electrons. The number of ether oxygens (including phenoxy) is 1. The molecule has 0 atom stereocenters. The van der Waals surface area contributed by atoms with Gasteiger partial charge in [0.25, 0.3) is 0 Å². The highest BCUT2D eigenvalue weighted by Gasteiger charge is 2.11. The Morgan fingerprint density at radius 1 is 1.24 bits per heavy atom. The molecule has 2 aliphatic rings. The molecule has 0 aromatic heterocycles. The van der Waals surface area contributed by atoms with Gasteiger partial charge in [0.05, 0.1) is 12.7 Å². The van der Waals surface area contributed by atoms with E-state index in [4.69, 9.17) is 4.74 Å². The molecule has 0 saturated carbocycles. The van der Waals surface area contributed by atoms with Gasteiger partial charge in [-0.3, -0.25) is 0 Å². The number of fused-ring (bicyclic) bond motifs is 1. The third-order valence-corrected chi connectivity index (χ3v) is 2.91. The van der Waals surface area contributed by atoms with Crippen LogP contribution in [0.5, 0.6) is 0 Å². The fraction of sp³-hybridized carbons (Fsp3) is 0.267. The lowest BCUT2D eigenvalue weighted by Gasteiger charge is -2.01. The van der Waals surface area contributed by atoms with E-state index in [0.29, 0.717) is 5.56 Å². The molecule has 0 aromatic rings. The Hall–Kier alpha value is -1.83. The minimum absolute atomic E-state index is 0.286. The van der Waals surface area contributed by atoms with Crippen molar-refractivity contribution in [1.29, 1.82) is 0 Å². The van der Waals surface area contributed by atoms with E-state index in [1.165, 1.54) is 18.2 Å². The summed E-state index contributed by atoms with van der Waals surface area (Å²) in [6.07, 6.45) is 2.14. The Balaban J connectivity index is 2.52. The van der Waals surface area contributed by atoms with Crippen LogP contribution < -0.4 is 0 Å². The van der Waals surface area contributed by atoms with Crippen molar-refractivity contribution >= 4 is 5.97 Å². The van der Waals surface area contributed by atoms with Gasteiger partial charge in [-0.05, 0) is 35.2 Å². The summed E-state index contributed by atoms with van der Waals surface area (Å²) in [5.41, 5.74) is 4.22. The van der Waals surface area contributed by atoms with Gasteiger partial charge >= 0.3 is 5.97 Å². The van der Waals surface area contributed by atoms with E-state index in [1.807, 2.05) is 18.2 Å². The highest BCUT2D eigenvalue weighted by atomic mass is 16.5. The number of carbonyl (C=O) groups is 1. The maximum absolute atomic E-state index is 11.6. The molecule has 0 spiro atoms. The van der Waals surface area contributed by atoms with Crippen LogP contribution in [-0.2, 0) is 11.2 Å². The Labute approximate surface area is 102 Å². The van der Waals surface area contributed by atoms with Crippen LogP contribution in [0.2, 0.25) is 0 Å². The zero-order chi connectivity index (χ0) is 12.3. The summed E-state index contributed by atoms with van der Waals surface area (Å²) in [6.45, 7) is 2.16. The predicted octanol–water partition coefficient (Wildman–Crippen LogP) is 3.53. The first kappa shape index (κ1) is 11.6. The molecule has 0 bridgehead atoms. The van der Waals surface area contributed by atoms with Gasteiger partial charge in [-0.25, -0.2) is 4.79 Å². The van der Waals surface area contributed by atoms with Gasteiger partial charge in [0.15, 0.2) is 0 Å². The molecule has 2 heteroatoms. The minimum Gasteiger partial charge on any atom is -0.465 e. The van der Waals surface area contributed by atoms with Crippen LogP contribution in [-0.4, -0.2) is 13.1 Å². The van der Waals surface area contributed by atoms with E-state index >= 15 is 0 Å². The predicted molar refractivity (Wildman–Crippen MR) is 68.4 cm³/mol. The molecule has 2 nitrogen and oxygen atoms in total. The van der Waals surface area contributed by atoms with Crippen molar-refractivity contribution in [3.63, 3.8) is 0 Å². The first-order valence-electron chi connectivity index (χ1n) is 5.86. The van der Waals surface area contributed by atoms with Gasteiger partial charge in [-0.2, -0.15) is 0 Å². The van der Waals surface area contributed by atoms with Crippen molar-refractivity contribution in [3.8, 4) is 11.1 Å². The van der Waals surface area contributed by atoms with Gasteiger partial charge < -0.3 is 4.74 Å². The monoisotopic (exact) mass is 228 g/mol. The molecule has 0 fully saturated rings. The lowest BCUT2D eigenvalue weighted by atomic mass is 10.1. The number of aryl methyl sites for hydroxylation is 1. The first-order chi connectivity index (χ1) is 8.26. The molecule has 0 aliphatic heterocycles. The largest absolute Gasteiger partial charge is 0.465 e. The fourth-order valence-electron chi connectivity index (χ4n) is 2.07. The van der Waals surface area contributed by atoms with Crippen molar-refractivity contribution in [2.45, 2.75) is 19.8 Å². The van der Waals surface area contributed by atoms with Crippen LogP contribution in [0.1, 0.15) is 29.3 Å². The third kappa shape index (κ3) is 2.31. The van der Waals surface area contributed by atoms with Crippen molar-refractivity contribution < 1.29 is 9.53 Å². The van der Waals surface area contributed by atoms with E-state index in [1.54, 1.807) is 6.07 Å². The molecule has 0 saturated heterocycles. The molecule has 0 aromatic carbocycles. The van der Waals surface area contributed by atoms with Gasteiger partial charge in [0, 0.05) is 0 Å².